The van der Waals surface area contributed by atoms with Crippen molar-refractivity contribution < 1.29 is 9.53 Å². The molecule has 1 aromatic carbocycles. The van der Waals surface area contributed by atoms with E-state index >= 15 is 0 Å². The highest BCUT2D eigenvalue weighted by Gasteiger charge is 2.21. The molecule has 0 radical (unpaired) electrons. The first-order valence-electron chi connectivity index (χ1n) is 10.2. The van der Waals surface area contributed by atoms with Crippen molar-refractivity contribution in [2.24, 2.45) is 0 Å². The highest BCUT2D eigenvalue weighted by molar-refractivity contribution is 7.99. The summed E-state index contributed by atoms with van der Waals surface area (Å²) in [6.07, 6.45) is 3.47. The van der Waals surface area contributed by atoms with Gasteiger partial charge in [0.1, 0.15) is 10.8 Å². The molecule has 7 nitrogen and oxygen atoms in total. The Morgan fingerprint density at radius 3 is 2.55 bits per heavy atom. The maximum Gasteiger partial charge on any atom is 0.233 e. The molecule has 0 saturated carbocycles. The van der Waals surface area contributed by atoms with Gasteiger partial charge in [0.2, 0.25) is 5.91 Å². The van der Waals surface area contributed by atoms with Gasteiger partial charge in [-0.15, -0.1) is 0 Å². The van der Waals surface area contributed by atoms with Crippen molar-refractivity contribution in [2.75, 3.05) is 43.9 Å². The van der Waals surface area contributed by atoms with Crippen LogP contribution in [0.5, 0.6) is 5.75 Å². The summed E-state index contributed by atoms with van der Waals surface area (Å²) in [5.74, 6) is 1.99. The summed E-state index contributed by atoms with van der Waals surface area (Å²) in [7, 11) is 1.67. The Hall–Kier alpha value is -3.13. The zero-order valence-electron chi connectivity index (χ0n) is 17.7. The Labute approximate surface area is 186 Å². The zero-order valence-corrected chi connectivity index (χ0v) is 18.5. The Morgan fingerprint density at radius 2 is 1.87 bits per heavy atom. The summed E-state index contributed by atoms with van der Waals surface area (Å²) in [4.78, 5) is 30.2. The number of carbonyl (C=O) groups is 1. The van der Waals surface area contributed by atoms with Crippen LogP contribution < -0.4 is 9.64 Å². The number of nitrogens with zero attached hydrogens (tertiary/aromatic N) is 5. The van der Waals surface area contributed by atoms with E-state index in [4.69, 9.17) is 4.74 Å². The van der Waals surface area contributed by atoms with Crippen LogP contribution in [0.15, 0.2) is 59.9 Å². The molecule has 0 N–H and O–H groups in total. The average Bonchev–Trinajstić information content (AvgIpc) is 2.83. The Kier molecular flexibility index (Phi) is 6.66. The van der Waals surface area contributed by atoms with Crippen LogP contribution in [0.25, 0.3) is 11.4 Å². The highest BCUT2D eigenvalue weighted by Crippen LogP contribution is 2.23. The Bertz CT molecular complexity index is 1020. The molecule has 8 heteroatoms. The van der Waals surface area contributed by atoms with E-state index in [2.05, 4.69) is 32.0 Å². The molecule has 1 aliphatic heterocycles. The second-order valence-corrected chi connectivity index (χ2v) is 8.26. The minimum Gasteiger partial charge on any atom is -0.497 e. The molecule has 2 aromatic heterocycles. The predicted octanol–water partition coefficient (Wildman–Crippen LogP) is 3.30. The van der Waals surface area contributed by atoms with Crippen LogP contribution in [0.3, 0.4) is 0 Å². The topological polar surface area (TPSA) is 71.5 Å². The average molecular weight is 436 g/mol. The van der Waals surface area contributed by atoms with Gasteiger partial charge < -0.3 is 14.5 Å². The second-order valence-electron chi connectivity index (χ2n) is 7.27. The van der Waals surface area contributed by atoms with E-state index in [1.54, 1.807) is 19.5 Å². The molecule has 1 fully saturated rings. The van der Waals surface area contributed by atoms with Gasteiger partial charge in [0.25, 0.3) is 0 Å². The molecule has 0 aliphatic carbocycles. The number of anilines is 1. The number of thioether (sulfide) groups is 1. The second kappa shape index (κ2) is 9.78. The molecule has 31 heavy (non-hydrogen) atoms. The minimum absolute atomic E-state index is 0.138. The lowest BCUT2D eigenvalue weighted by Crippen LogP contribution is -2.49. The van der Waals surface area contributed by atoms with E-state index in [1.165, 1.54) is 11.8 Å². The largest absolute Gasteiger partial charge is 0.497 e. The number of aryl methyl sites for hydroxylation is 1. The molecule has 0 unspecified atom stereocenters. The van der Waals surface area contributed by atoms with Crippen LogP contribution in [0.2, 0.25) is 0 Å². The maximum absolute atomic E-state index is 12.8. The van der Waals surface area contributed by atoms with Gasteiger partial charge in [-0.25, -0.2) is 9.97 Å². The molecule has 0 bridgehead atoms. The number of carbonyl (C=O) groups excluding carboxylic acids is 1. The van der Waals surface area contributed by atoms with Crippen molar-refractivity contribution in [3.05, 3.63) is 60.6 Å². The van der Waals surface area contributed by atoms with Crippen molar-refractivity contribution in [2.45, 2.75) is 11.9 Å². The van der Waals surface area contributed by atoms with Crippen molar-refractivity contribution >= 4 is 23.4 Å². The van der Waals surface area contributed by atoms with E-state index < -0.39 is 0 Å². The molecule has 1 saturated heterocycles. The number of rotatable bonds is 6. The van der Waals surface area contributed by atoms with Gasteiger partial charge in [-0.05, 0) is 49.4 Å². The third kappa shape index (κ3) is 5.32. The lowest BCUT2D eigenvalue weighted by atomic mass is 10.2. The fourth-order valence-corrected chi connectivity index (χ4v) is 4.33. The van der Waals surface area contributed by atoms with Gasteiger partial charge in [0.15, 0.2) is 5.82 Å². The van der Waals surface area contributed by atoms with E-state index in [0.717, 1.165) is 53.9 Å². The van der Waals surface area contributed by atoms with Crippen molar-refractivity contribution in [3.8, 4) is 17.1 Å². The lowest BCUT2D eigenvalue weighted by Gasteiger charge is -2.36. The molecular formula is C23H25N5O2S. The van der Waals surface area contributed by atoms with Crippen LogP contribution in [0, 0.1) is 6.92 Å². The van der Waals surface area contributed by atoms with Gasteiger partial charge >= 0.3 is 0 Å². The van der Waals surface area contributed by atoms with Crippen LogP contribution in [0.1, 0.15) is 5.69 Å². The van der Waals surface area contributed by atoms with E-state index in [0.29, 0.717) is 11.6 Å². The highest BCUT2D eigenvalue weighted by atomic mass is 32.2. The third-order valence-corrected chi connectivity index (χ3v) is 6.06. The van der Waals surface area contributed by atoms with Crippen LogP contribution in [-0.2, 0) is 4.79 Å². The van der Waals surface area contributed by atoms with Gasteiger partial charge in [-0.1, -0.05) is 11.8 Å². The first-order chi connectivity index (χ1) is 15.1. The van der Waals surface area contributed by atoms with Gasteiger partial charge in [0, 0.05) is 55.5 Å². The zero-order chi connectivity index (χ0) is 21.6. The summed E-state index contributed by atoms with van der Waals surface area (Å²) in [6, 6.07) is 13.8. The number of hydrogen-bond donors (Lipinski definition) is 0. The molecule has 3 aromatic rings. The standard InChI is InChI=1S/C23H25N5O2S/c1-17-14-21(26-23(25-17)18-4-3-9-24-15-18)31-16-22(29)28-12-10-27(11-13-28)19-5-7-20(30-2)8-6-19/h3-9,14-15H,10-13,16H2,1-2H3. The normalized spacial score (nSPS) is 13.9. The van der Waals surface area contributed by atoms with E-state index in [1.807, 2.05) is 42.2 Å². The third-order valence-electron chi connectivity index (χ3n) is 5.16. The van der Waals surface area contributed by atoms with Gasteiger partial charge in [0.05, 0.1) is 12.9 Å². The predicted molar refractivity (Wildman–Crippen MR) is 123 cm³/mol. The first-order valence-corrected chi connectivity index (χ1v) is 11.2. The van der Waals surface area contributed by atoms with Crippen LogP contribution in [0.4, 0.5) is 5.69 Å². The Morgan fingerprint density at radius 1 is 1.10 bits per heavy atom. The number of amides is 1. The SMILES string of the molecule is COc1ccc(N2CCN(C(=O)CSc3cc(C)nc(-c4cccnc4)n3)CC2)cc1. The van der Waals surface area contributed by atoms with Crippen LogP contribution in [-0.4, -0.2) is 64.8 Å². The van der Waals surface area contributed by atoms with E-state index in [-0.39, 0.29) is 5.91 Å². The summed E-state index contributed by atoms with van der Waals surface area (Å²) in [5.41, 5.74) is 2.90. The smallest absolute Gasteiger partial charge is 0.233 e. The molecular weight excluding hydrogens is 410 g/mol. The summed E-state index contributed by atoms with van der Waals surface area (Å²) in [6.45, 7) is 5.01. The van der Waals surface area contributed by atoms with Crippen molar-refractivity contribution in [1.82, 2.24) is 19.9 Å². The maximum atomic E-state index is 12.8. The Balaban J connectivity index is 1.32. The van der Waals surface area contributed by atoms with Gasteiger partial charge in [-0.2, -0.15) is 0 Å². The number of aromatic nitrogens is 3. The number of pyridine rings is 1. The molecule has 1 aliphatic rings. The van der Waals surface area contributed by atoms with Crippen molar-refractivity contribution in [3.63, 3.8) is 0 Å². The summed E-state index contributed by atoms with van der Waals surface area (Å²) >= 11 is 1.46. The minimum atomic E-state index is 0.138. The van der Waals surface area contributed by atoms with Crippen LogP contribution >= 0.6 is 11.8 Å². The lowest BCUT2D eigenvalue weighted by molar-refractivity contribution is -0.128. The first kappa shape index (κ1) is 21.1. The molecule has 160 valence electrons. The molecule has 0 spiro atoms. The molecule has 1 amide bonds. The number of piperazine rings is 1. The fraction of sp³-hybridized carbons (Fsp3) is 0.304. The number of ether oxygens (including phenoxy) is 1. The number of methoxy groups -OCH3 is 1. The molecule has 4 rings (SSSR count). The fourth-order valence-electron chi connectivity index (χ4n) is 3.47. The number of benzene rings is 1. The molecule has 0 atom stereocenters. The molecule has 3 heterocycles. The van der Waals surface area contributed by atoms with E-state index in [9.17, 15) is 4.79 Å². The summed E-state index contributed by atoms with van der Waals surface area (Å²) in [5, 5.41) is 0.802. The summed E-state index contributed by atoms with van der Waals surface area (Å²) < 4.78 is 5.22. The number of hydrogen-bond acceptors (Lipinski definition) is 7. The quantitative estimate of drug-likeness (QED) is 0.435. The van der Waals surface area contributed by atoms with Crippen molar-refractivity contribution in [1.29, 1.82) is 0 Å². The monoisotopic (exact) mass is 435 g/mol. The van der Waals surface area contributed by atoms with Gasteiger partial charge in [-0.3, -0.25) is 9.78 Å².